The zero-order valence-corrected chi connectivity index (χ0v) is 28.9. The van der Waals surface area contributed by atoms with Crippen LogP contribution < -0.4 is 30.7 Å². The molecule has 2 aliphatic rings. The summed E-state index contributed by atoms with van der Waals surface area (Å²) in [5.74, 6) is -1.58. The van der Waals surface area contributed by atoms with E-state index < -0.39 is 18.6 Å². The van der Waals surface area contributed by atoms with Gasteiger partial charge in [-0.3, -0.25) is 34.4 Å². The number of unbranched alkanes of at least 4 members (excludes halogenated alkanes) is 1. The highest BCUT2D eigenvalue weighted by atomic mass is 35.5. The van der Waals surface area contributed by atoms with E-state index in [2.05, 4.69) is 40.8 Å². The van der Waals surface area contributed by atoms with Crippen LogP contribution in [-0.4, -0.2) is 96.9 Å². The van der Waals surface area contributed by atoms with Gasteiger partial charge in [-0.15, -0.1) is 0 Å². The molecule has 0 bridgehead atoms. The molecule has 4 N–H and O–H groups in total. The van der Waals surface area contributed by atoms with Crippen LogP contribution >= 0.6 is 23.2 Å². The molecule has 51 heavy (non-hydrogen) atoms. The van der Waals surface area contributed by atoms with Gasteiger partial charge in [0.1, 0.15) is 6.04 Å². The normalized spacial score (nSPS) is 16.8. The summed E-state index contributed by atoms with van der Waals surface area (Å²) in [7, 11) is 0. The third kappa shape index (κ3) is 11.2. The van der Waals surface area contributed by atoms with Crippen molar-refractivity contribution < 1.29 is 37.4 Å². The number of piperidine rings is 1. The molecule has 0 spiro atoms. The first-order valence-electron chi connectivity index (χ1n) is 16.3. The van der Waals surface area contributed by atoms with Crippen molar-refractivity contribution in [1.29, 1.82) is 0 Å². The van der Waals surface area contributed by atoms with Crippen LogP contribution in [0.5, 0.6) is 11.5 Å². The van der Waals surface area contributed by atoms with Gasteiger partial charge in [0, 0.05) is 61.9 Å². The number of ether oxygens (including phenoxy) is 2. The Labute approximate surface area is 302 Å². The maximum absolute atomic E-state index is 13.0. The fourth-order valence-electron chi connectivity index (χ4n) is 5.59. The molecule has 2 aromatic carbocycles. The predicted octanol–water partition coefficient (Wildman–Crippen LogP) is 4.87. The number of nitrogens with zero attached hydrogens (tertiary/aromatic N) is 3. The minimum Gasteiger partial charge on any atom is -0.490 e. The number of amides is 4. The lowest BCUT2D eigenvalue weighted by molar-refractivity contribution is -0.133. The zero-order valence-electron chi connectivity index (χ0n) is 27.4. The monoisotopic (exact) mass is 747 g/mol. The minimum atomic E-state index is -3.08. The van der Waals surface area contributed by atoms with Crippen LogP contribution in [0.1, 0.15) is 36.0 Å². The van der Waals surface area contributed by atoms with E-state index in [0.717, 1.165) is 26.1 Å². The fourth-order valence-corrected chi connectivity index (χ4v) is 6.04. The van der Waals surface area contributed by atoms with Gasteiger partial charge < -0.3 is 30.3 Å². The van der Waals surface area contributed by atoms with Crippen LogP contribution in [0, 0.1) is 0 Å². The Morgan fingerprint density at radius 2 is 1.67 bits per heavy atom. The molecule has 2 saturated heterocycles. The van der Waals surface area contributed by atoms with Gasteiger partial charge in [-0.2, -0.15) is 8.78 Å². The molecular weight excluding hydrogens is 711 g/mol. The lowest BCUT2D eigenvalue weighted by Gasteiger charge is -2.34. The van der Waals surface area contributed by atoms with Crippen molar-refractivity contribution in [3.63, 3.8) is 0 Å². The van der Waals surface area contributed by atoms with Crippen molar-refractivity contribution in [1.82, 2.24) is 20.1 Å². The summed E-state index contributed by atoms with van der Waals surface area (Å²) in [5.41, 5.74) is 1.55. The van der Waals surface area contributed by atoms with E-state index in [1.165, 1.54) is 30.6 Å². The largest absolute Gasteiger partial charge is 0.490 e. The van der Waals surface area contributed by atoms with Crippen LogP contribution in [0.3, 0.4) is 0 Å². The Hall–Kier alpha value is -4.57. The number of aromatic nitrogens is 1. The second kappa shape index (κ2) is 18.1. The van der Waals surface area contributed by atoms with Gasteiger partial charge in [-0.25, -0.2) is 0 Å². The second-order valence-corrected chi connectivity index (χ2v) is 12.7. The van der Waals surface area contributed by atoms with Crippen LogP contribution in [0.25, 0.3) is 0 Å². The van der Waals surface area contributed by atoms with Gasteiger partial charge in [0.2, 0.25) is 17.7 Å². The molecule has 13 nitrogen and oxygen atoms in total. The van der Waals surface area contributed by atoms with E-state index in [1.807, 2.05) is 0 Å². The lowest BCUT2D eigenvalue weighted by atomic mass is 10.1. The number of imide groups is 1. The first-order valence-corrected chi connectivity index (χ1v) is 17.1. The number of anilines is 3. The van der Waals surface area contributed by atoms with Crippen LogP contribution in [0.4, 0.5) is 25.8 Å². The highest BCUT2D eigenvalue weighted by Gasteiger charge is 2.26. The maximum Gasteiger partial charge on any atom is 0.387 e. The number of hydrogen-bond acceptors (Lipinski definition) is 10. The molecule has 3 heterocycles. The Morgan fingerprint density at radius 3 is 2.39 bits per heavy atom. The van der Waals surface area contributed by atoms with Gasteiger partial charge >= 0.3 is 6.61 Å². The fraction of sp³-hybridized carbons (Fsp3) is 0.382. The number of hydrogen-bond donors (Lipinski definition) is 4. The van der Waals surface area contributed by atoms with Crippen molar-refractivity contribution >= 4 is 63.9 Å². The number of piperazine rings is 1. The van der Waals surface area contributed by atoms with E-state index in [-0.39, 0.29) is 70.1 Å². The van der Waals surface area contributed by atoms with E-state index in [0.29, 0.717) is 37.3 Å². The first kappa shape index (κ1) is 37.7. The molecule has 5 rings (SSSR count). The summed E-state index contributed by atoms with van der Waals surface area (Å²) in [6.07, 6.45) is 4.71. The molecule has 4 amide bonds. The molecule has 1 unspecified atom stereocenters. The van der Waals surface area contributed by atoms with Crippen LogP contribution in [0.2, 0.25) is 10.0 Å². The zero-order chi connectivity index (χ0) is 36.3. The van der Waals surface area contributed by atoms with Gasteiger partial charge in [0.05, 0.1) is 28.9 Å². The van der Waals surface area contributed by atoms with Crippen LogP contribution in [-0.2, 0) is 14.4 Å². The SMILES string of the molecule is O=C1CCC(Nc2cccc(NC(=O)CN3CCN(CCCCOc4cc(C(=O)Nc5c(Cl)cncc5Cl)ccc4OC(F)F)CC3)c2)C(=O)N1. The van der Waals surface area contributed by atoms with E-state index in [4.69, 9.17) is 27.9 Å². The van der Waals surface area contributed by atoms with Crippen molar-refractivity contribution in [2.75, 3.05) is 61.8 Å². The quantitative estimate of drug-likeness (QED) is 0.125. The molecule has 0 radical (unpaired) electrons. The standard InChI is InChI=1S/C34H37Cl2F2N7O6/c35-24-18-39-19-25(36)31(24)43-32(48)21-6-8-27(51-34(37)38)28(16-21)50-15-2-1-10-44-11-13-45(14-12-44)20-30(47)41-23-5-3-4-22(17-23)40-26-7-9-29(46)42-33(26)49/h3-6,8,16-19,26,34,40H,1-2,7,9-15,20H2,(H,41,47)(H,39,43,48)(H,42,46,49). The van der Waals surface area contributed by atoms with Gasteiger partial charge in [-0.05, 0) is 62.2 Å². The molecule has 0 saturated carbocycles. The number of halogens is 4. The molecule has 1 aromatic heterocycles. The second-order valence-electron chi connectivity index (χ2n) is 11.9. The van der Waals surface area contributed by atoms with Gasteiger partial charge in [0.15, 0.2) is 11.5 Å². The number of carbonyl (C=O) groups excluding carboxylic acids is 4. The lowest BCUT2D eigenvalue weighted by Crippen LogP contribution is -2.48. The summed E-state index contributed by atoms with van der Waals surface area (Å²) < 4.78 is 36.5. The maximum atomic E-state index is 13.0. The van der Waals surface area contributed by atoms with Crippen molar-refractivity contribution in [3.05, 3.63) is 70.5 Å². The Morgan fingerprint density at radius 1 is 0.941 bits per heavy atom. The number of nitrogens with one attached hydrogen (secondary N) is 4. The summed E-state index contributed by atoms with van der Waals surface area (Å²) in [4.78, 5) is 57.3. The van der Waals surface area contributed by atoms with E-state index in [1.54, 1.807) is 24.3 Å². The first-order chi connectivity index (χ1) is 24.5. The smallest absolute Gasteiger partial charge is 0.387 e. The summed E-state index contributed by atoms with van der Waals surface area (Å²) >= 11 is 12.2. The minimum absolute atomic E-state index is 0.000864. The van der Waals surface area contributed by atoms with Crippen molar-refractivity contribution in [2.24, 2.45) is 0 Å². The van der Waals surface area contributed by atoms with Crippen molar-refractivity contribution in [3.8, 4) is 11.5 Å². The molecule has 2 aliphatic heterocycles. The number of benzene rings is 2. The molecular formula is C34H37Cl2F2N7O6. The third-order valence-electron chi connectivity index (χ3n) is 8.20. The van der Waals surface area contributed by atoms with Gasteiger partial charge in [0.25, 0.3) is 5.91 Å². The molecule has 272 valence electrons. The Bertz CT molecular complexity index is 1710. The van der Waals surface area contributed by atoms with E-state index in [9.17, 15) is 28.0 Å². The highest BCUT2D eigenvalue weighted by molar-refractivity contribution is 6.39. The predicted molar refractivity (Wildman–Crippen MR) is 188 cm³/mol. The highest BCUT2D eigenvalue weighted by Crippen LogP contribution is 2.32. The Kier molecular flexibility index (Phi) is 13.4. The number of alkyl halides is 2. The summed E-state index contributed by atoms with van der Waals surface area (Å²) in [5, 5.41) is 11.2. The molecule has 17 heteroatoms. The number of rotatable bonds is 15. The topological polar surface area (TPSA) is 154 Å². The molecule has 3 aromatic rings. The average molecular weight is 749 g/mol. The third-order valence-corrected chi connectivity index (χ3v) is 8.77. The molecule has 1 atom stereocenters. The summed E-state index contributed by atoms with van der Waals surface area (Å²) in [6, 6.07) is 10.5. The molecule has 2 fully saturated rings. The molecule has 0 aliphatic carbocycles. The van der Waals surface area contributed by atoms with E-state index >= 15 is 0 Å². The van der Waals surface area contributed by atoms with Crippen LogP contribution in [0.15, 0.2) is 54.9 Å². The summed E-state index contributed by atoms with van der Waals surface area (Å²) in [6.45, 7) is 1.11. The van der Waals surface area contributed by atoms with Gasteiger partial charge in [-0.1, -0.05) is 29.3 Å². The van der Waals surface area contributed by atoms with Crippen molar-refractivity contribution in [2.45, 2.75) is 38.3 Å². The number of pyridine rings is 1. The number of carbonyl (C=O) groups is 4. The Balaban J connectivity index is 1.02. The average Bonchev–Trinajstić information content (AvgIpc) is 3.09.